The van der Waals surface area contributed by atoms with Crippen LogP contribution in [0.25, 0.3) is 11.3 Å². The number of nitrogens with one attached hydrogen (secondary N) is 2. The Morgan fingerprint density at radius 2 is 1.75 bits per heavy atom. The molecule has 1 saturated heterocycles. The summed E-state index contributed by atoms with van der Waals surface area (Å²) in [5.41, 5.74) is -1.93. The molecule has 0 radical (unpaired) electrons. The van der Waals surface area contributed by atoms with Gasteiger partial charge in [-0.2, -0.15) is 13.2 Å². The zero-order valence-electron chi connectivity index (χ0n) is 23.5. The lowest BCUT2D eigenvalue weighted by molar-refractivity contribution is -0.139. The van der Waals surface area contributed by atoms with Crippen molar-refractivity contribution < 1.29 is 31.3 Å². The Hall–Kier alpha value is -2.24. The van der Waals surface area contributed by atoms with E-state index in [1.54, 1.807) is 38.3 Å². The molecule has 1 aromatic carbocycles. The first-order valence-corrected chi connectivity index (χ1v) is 15.0. The van der Waals surface area contributed by atoms with Gasteiger partial charge in [0.25, 0.3) is 5.91 Å². The molecule has 2 aromatic rings. The zero-order chi connectivity index (χ0) is 29.3. The number of alkyl halides is 4. The largest absolute Gasteiger partial charge is 0.417 e. The third-order valence-corrected chi connectivity index (χ3v) is 9.09. The van der Waals surface area contributed by atoms with Crippen LogP contribution in [-0.2, 0) is 28.4 Å². The molecular weight excluding hydrogens is 546 g/mol. The Morgan fingerprint density at radius 1 is 1.10 bits per heavy atom. The molecule has 1 aromatic heterocycles. The fourth-order valence-electron chi connectivity index (χ4n) is 5.46. The lowest BCUT2D eigenvalue weighted by Gasteiger charge is -2.31. The molecular formula is C29H39F4N3O3S. The number of halogens is 4. The van der Waals surface area contributed by atoms with Gasteiger partial charge in [-0.05, 0) is 77.1 Å². The lowest BCUT2D eigenvalue weighted by Crippen LogP contribution is -2.39. The number of ether oxygens (including phenoxy) is 1. The summed E-state index contributed by atoms with van der Waals surface area (Å²) in [6.45, 7) is 7.87. The highest BCUT2D eigenvalue weighted by molar-refractivity contribution is 7.83. The van der Waals surface area contributed by atoms with Crippen molar-refractivity contribution in [2.75, 3.05) is 13.2 Å². The molecule has 1 aliphatic carbocycles. The highest BCUT2D eigenvalue weighted by Crippen LogP contribution is 2.39. The minimum atomic E-state index is -4.78. The Labute approximate surface area is 235 Å². The smallest absolute Gasteiger partial charge is 0.381 e. The van der Waals surface area contributed by atoms with E-state index in [1.165, 1.54) is 12.1 Å². The number of hydrogen-bond donors (Lipinski definition) is 2. The van der Waals surface area contributed by atoms with Gasteiger partial charge in [-0.15, -0.1) is 0 Å². The van der Waals surface area contributed by atoms with Crippen LogP contribution in [0.3, 0.4) is 0 Å². The summed E-state index contributed by atoms with van der Waals surface area (Å²) in [5.74, 6) is -0.343. The minimum absolute atomic E-state index is 0.0562. The number of hydrogen-bond acceptors (Lipinski definition) is 3. The van der Waals surface area contributed by atoms with E-state index < -0.39 is 33.9 Å². The Bertz CT molecular complexity index is 1240. The molecule has 1 atom stereocenters. The van der Waals surface area contributed by atoms with Crippen LogP contribution in [0.4, 0.5) is 17.6 Å². The van der Waals surface area contributed by atoms with Crippen molar-refractivity contribution in [3.63, 3.8) is 0 Å². The maximum atomic E-state index is 15.9. The van der Waals surface area contributed by atoms with Gasteiger partial charge in [-0.3, -0.25) is 4.79 Å². The number of carbonyl (C=O) groups is 1. The third-order valence-electron chi connectivity index (χ3n) is 7.54. The second kappa shape index (κ2) is 11.9. The molecule has 4 rings (SSSR count). The van der Waals surface area contributed by atoms with Gasteiger partial charge in [0.1, 0.15) is 16.7 Å². The van der Waals surface area contributed by atoms with E-state index in [0.717, 1.165) is 25.3 Å². The normalized spacial score (nSPS) is 19.4. The first-order chi connectivity index (χ1) is 18.7. The van der Waals surface area contributed by atoms with Gasteiger partial charge in [-0.1, -0.05) is 25.3 Å². The molecule has 222 valence electrons. The van der Waals surface area contributed by atoms with E-state index in [-0.39, 0.29) is 29.0 Å². The molecule has 11 heteroatoms. The number of nitrogens with zero attached hydrogens (tertiary/aromatic N) is 1. The van der Waals surface area contributed by atoms with Crippen molar-refractivity contribution in [2.24, 2.45) is 0 Å². The van der Waals surface area contributed by atoms with Crippen LogP contribution in [0.5, 0.6) is 0 Å². The van der Waals surface area contributed by atoms with Crippen molar-refractivity contribution in [1.82, 2.24) is 14.6 Å². The van der Waals surface area contributed by atoms with Gasteiger partial charge < -0.3 is 14.6 Å². The van der Waals surface area contributed by atoms with Gasteiger partial charge in [0, 0.05) is 36.2 Å². The number of aromatic nitrogens is 1. The second-order valence-corrected chi connectivity index (χ2v) is 13.2. The summed E-state index contributed by atoms with van der Waals surface area (Å²) < 4.78 is 81.2. The predicted octanol–water partition coefficient (Wildman–Crippen LogP) is 6.47. The Balaban J connectivity index is 1.78. The molecule has 2 N–H and O–H groups in total. The van der Waals surface area contributed by atoms with Gasteiger partial charge in [-0.25, -0.2) is 13.3 Å². The molecule has 0 bridgehead atoms. The summed E-state index contributed by atoms with van der Waals surface area (Å²) >= 11 is 0. The summed E-state index contributed by atoms with van der Waals surface area (Å²) in [7, 11) is -2.12. The maximum Gasteiger partial charge on any atom is 0.417 e. The van der Waals surface area contributed by atoms with Crippen LogP contribution in [0, 0.1) is 6.92 Å². The quantitative estimate of drug-likeness (QED) is 0.366. The Kier molecular flexibility index (Phi) is 9.16. The van der Waals surface area contributed by atoms with E-state index >= 15 is 4.39 Å². The molecule has 1 unspecified atom stereocenters. The van der Waals surface area contributed by atoms with Crippen molar-refractivity contribution >= 4 is 16.9 Å². The highest BCUT2D eigenvalue weighted by Gasteiger charge is 2.38. The molecule has 2 heterocycles. The average molecular weight is 586 g/mol. The van der Waals surface area contributed by atoms with E-state index in [2.05, 4.69) is 10.0 Å². The summed E-state index contributed by atoms with van der Waals surface area (Å²) in [5, 5.41) is 3.01. The first kappa shape index (κ1) is 30.7. The van der Waals surface area contributed by atoms with E-state index in [4.69, 9.17) is 4.74 Å². The molecule has 1 saturated carbocycles. The van der Waals surface area contributed by atoms with E-state index in [0.29, 0.717) is 55.8 Å². The molecule has 1 aliphatic heterocycles. The molecule has 0 spiro atoms. The minimum Gasteiger partial charge on any atom is -0.381 e. The van der Waals surface area contributed by atoms with Crippen LogP contribution in [0.2, 0.25) is 0 Å². The first-order valence-electron chi connectivity index (χ1n) is 13.9. The molecule has 40 heavy (non-hydrogen) atoms. The van der Waals surface area contributed by atoms with Crippen LogP contribution in [0.15, 0.2) is 29.2 Å². The van der Waals surface area contributed by atoms with E-state index in [1.807, 2.05) is 0 Å². The third kappa shape index (κ3) is 7.33. The van der Waals surface area contributed by atoms with Crippen molar-refractivity contribution in [2.45, 2.75) is 108 Å². The van der Waals surface area contributed by atoms with Gasteiger partial charge >= 0.3 is 6.18 Å². The maximum absolute atomic E-state index is 15.9. The summed E-state index contributed by atoms with van der Waals surface area (Å²) in [6.07, 6.45) is -0.301. The SMILES string of the molecule is Cc1c(C(=O)NC2CCOCC2)cc(-c2ccc(S(=O)NC(C)(C)C)c(C(F)(F)F)c2)n1CC1(F)CCCCC1. The fourth-order valence-corrected chi connectivity index (χ4v) is 6.69. The molecule has 6 nitrogen and oxygen atoms in total. The van der Waals surface area contributed by atoms with Crippen molar-refractivity contribution in [3.05, 3.63) is 41.1 Å². The molecule has 2 fully saturated rings. The van der Waals surface area contributed by atoms with Crippen LogP contribution >= 0.6 is 0 Å². The average Bonchev–Trinajstić information content (AvgIpc) is 3.18. The second-order valence-electron chi connectivity index (χ2n) is 12.0. The molecule has 1 amide bonds. The predicted molar refractivity (Wildman–Crippen MR) is 147 cm³/mol. The van der Waals surface area contributed by atoms with Gasteiger partial charge in [0.15, 0.2) is 0 Å². The number of benzene rings is 1. The van der Waals surface area contributed by atoms with Crippen LogP contribution < -0.4 is 10.0 Å². The van der Waals surface area contributed by atoms with Crippen LogP contribution in [-0.4, -0.2) is 45.1 Å². The van der Waals surface area contributed by atoms with Crippen molar-refractivity contribution in [3.8, 4) is 11.3 Å². The zero-order valence-corrected chi connectivity index (χ0v) is 24.4. The van der Waals surface area contributed by atoms with Gasteiger partial charge in [0.2, 0.25) is 0 Å². The number of carbonyl (C=O) groups excluding carboxylic acids is 1. The Morgan fingerprint density at radius 3 is 2.35 bits per heavy atom. The van der Waals surface area contributed by atoms with Crippen LogP contribution in [0.1, 0.15) is 87.3 Å². The molecule has 2 aliphatic rings. The summed E-state index contributed by atoms with van der Waals surface area (Å²) in [6, 6.07) is 5.10. The monoisotopic (exact) mass is 585 g/mol. The topological polar surface area (TPSA) is 72.4 Å². The number of rotatable bonds is 7. The van der Waals surface area contributed by atoms with Gasteiger partial charge in [0.05, 0.1) is 22.6 Å². The number of amides is 1. The highest BCUT2D eigenvalue weighted by atomic mass is 32.2. The van der Waals surface area contributed by atoms with Crippen molar-refractivity contribution in [1.29, 1.82) is 0 Å². The lowest BCUT2D eigenvalue weighted by atomic mass is 9.86. The van der Waals surface area contributed by atoms with E-state index in [9.17, 15) is 22.2 Å². The fraction of sp³-hybridized carbons (Fsp3) is 0.621. The standard InChI is InChI=1S/C29H39F4N3O3S/c1-19-22(26(37)34-21-10-14-39-15-11-21)17-24(36(19)18-28(30)12-6-5-7-13-28)20-8-9-25(23(16-20)29(31,32)33)40(38)35-27(2,3)4/h8-9,16-17,21,35H,5-7,10-15,18H2,1-4H3,(H,34,37). The summed E-state index contributed by atoms with van der Waals surface area (Å²) in [4.78, 5) is 12.9.